The summed E-state index contributed by atoms with van der Waals surface area (Å²) >= 11 is 3.53. The van der Waals surface area contributed by atoms with E-state index in [0.717, 1.165) is 36.9 Å². The maximum Gasteiger partial charge on any atom is 0.217 e. The molecule has 1 heterocycles. The van der Waals surface area contributed by atoms with Crippen LogP contribution in [0.15, 0.2) is 28.7 Å². The third-order valence-corrected chi connectivity index (χ3v) is 4.64. The number of nitrogens with zero attached hydrogens (tertiary/aromatic N) is 1. The van der Waals surface area contributed by atoms with E-state index in [4.69, 9.17) is 5.73 Å². The molecule has 4 heteroatoms. The summed E-state index contributed by atoms with van der Waals surface area (Å²) in [5.41, 5.74) is 6.65. The number of primary amides is 1. The zero-order chi connectivity index (χ0) is 14.5. The van der Waals surface area contributed by atoms with Gasteiger partial charge in [0.05, 0.1) is 0 Å². The molecule has 1 aliphatic rings. The van der Waals surface area contributed by atoms with Gasteiger partial charge in [-0.25, -0.2) is 0 Å². The molecule has 1 atom stereocenters. The van der Waals surface area contributed by atoms with Gasteiger partial charge in [-0.05, 0) is 55.5 Å². The molecule has 0 unspecified atom stereocenters. The quantitative estimate of drug-likeness (QED) is 0.896. The van der Waals surface area contributed by atoms with E-state index in [0.29, 0.717) is 18.3 Å². The van der Waals surface area contributed by atoms with Gasteiger partial charge in [-0.1, -0.05) is 35.0 Å². The van der Waals surface area contributed by atoms with Gasteiger partial charge >= 0.3 is 0 Å². The second-order valence-electron chi connectivity index (χ2n) is 5.87. The Kier molecular flexibility index (Phi) is 5.61. The average Bonchev–Trinajstić information content (AvgIpc) is 2.40. The molecule has 3 nitrogen and oxygen atoms in total. The van der Waals surface area contributed by atoms with Gasteiger partial charge < -0.3 is 10.6 Å². The summed E-state index contributed by atoms with van der Waals surface area (Å²) in [5, 5.41) is 0. The molecule has 1 fully saturated rings. The summed E-state index contributed by atoms with van der Waals surface area (Å²) in [6.07, 6.45) is 2.73. The van der Waals surface area contributed by atoms with E-state index in [9.17, 15) is 4.79 Å². The van der Waals surface area contributed by atoms with Crippen LogP contribution in [0.5, 0.6) is 0 Å². The lowest BCUT2D eigenvalue weighted by atomic mass is 9.92. The Morgan fingerprint density at radius 3 is 2.75 bits per heavy atom. The van der Waals surface area contributed by atoms with Gasteiger partial charge in [0.2, 0.25) is 5.91 Å². The SMILES string of the molecule is C[C@@H](CN1CCC(CC(N)=O)CC1)c1cccc(Br)c1. The standard InChI is InChI=1S/C16H23BrN2O/c1-12(14-3-2-4-15(17)10-14)11-19-7-5-13(6-8-19)9-16(18)20/h2-4,10,12-13H,5-9,11H2,1H3,(H2,18,20)/t12-/m0/s1. The van der Waals surface area contributed by atoms with Crippen LogP contribution in [0, 0.1) is 5.92 Å². The Balaban J connectivity index is 1.82. The molecule has 2 N–H and O–H groups in total. The summed E-state index contributed by atoms with van der Waals surface area (Å²) in [6, 6.07) is 8.54. The van der Waals surface area contributed by atoms with E-state index < -0.39 is 0 Å². The van der Waals surface area contributed by atoms with Crippen molar-refractivity contribution in [2.75, 3.05) is 19.6 Å². The molecule has 1 saturated heterocycles. The number of carbonyl (C=O) groups excluding carboxylic acids is 1. The first-order valence-corrected chi connectivity index (χ1v) is 8.10. The fourth-order valence-electron chi connectivity index (χ4n) is 2.96. The van der Waals surface area contributed by atoms with Crippen molar-refractivity contribution in [2.45, 2.75) is 32.1 Å². The van der Waals surface area contributed by atoms with Gasteiger partial charge in [0.1, 0.15) is 0 Å². The molecule has 0 aromatic heterocycles. The van der Waals surface area contributed by atoms with Gasteiger partial charge in [0.15, 0.2) is 0 Å². The van der Waals surface area contributed by atoms with Crippen LogP contribution >= 0.6 is 15.9 Å². The minimum atomic E-state index is -0.161. The normalized spacial score (nSPS) is 18.9. The van der Waals surface area contributed by atoms with E-state index in [1.807, 2.05) is 0 Å². The minimum absolute atomic E-state index is 0.161. The number of amides is 1. The Morgan fingerprint density at radius 1 is 1.45 bits per heavy atom. The number of hydrogen-bond acceptors (Lipinski definition) is 2. The van der Waals surface area contributed by atoms with Crippen molar-refractivity contribution in [1.82, 2.24) is 4.90 Å². The third-order valence-electron chi connectivity index (χ3n) is 4.15. The molecular weight excluding hydrogens is 316 g/mol. The van der Waals surface area contributed by atoms with Crippen LogP contribution in [-0.4, -0.2) is 30.4 Å². The van der Waals surface area contributed by atoms with Crippen molar-refractivity contribution < 1.29 is 4.79 Å². The van der Waals surface area contributed by atoms with Crippen LogP contribution in [-0.2, 0) is 4.79 Å². The summed E-state index contributed by atoms with van der Waals surface area (Å²) in [7, 11) is 0. The predicted octanol–water partition coefficient (Wildman–Crippen LogP) is 3.14. The molecule has 1 amide bonds. The van der Waals surface area contributed by atoms with Crippen molar-refractivity contribution in [3.05, 3.63) is 34.3 Å². The molecule has 0 radical (unpaired) electrons. The molecule has 0 aliphatic carbocycles. The molecule has 110 valence electrons. The number of carbonyl (C=O) groups is 1. The van der Waals surface area contributed by atoms with Crippen LogP contribution in [0.4, 0.5) is 0 Å². The zero-order valence-electron chi connectivity index (χ0n) is 12.0. The zero-order valence-corrected chi connectivity index (χ0v) is 13.6. The summed E-state index contributed by atoms with van der Waals surface area (Å²) in [4.78, 5) is 13.5. The van der Waals surface area contributed by atoms with Crippen LogP contribution in [0.3, 0.4) is 0 Å². The number of rotatable bonds is 5. The van der Waals surface area contributed by atoms with Crippen LogP contribution in [0.1, 0.15) is 37.7 Å². The van der Waals surface area contributed by atoms with Gasteiger partial charge in [-0.15, -0.1) is 0 Å². The molecule has 1 aliphatic heterocycles. The second-order valence-corrected chi connectivity index (χ2v) is 6.79. The predicted molar refractivity (Wildman–Crippen MR) is 85.5 cm³/mol. The molecule has 0 bridgehead atoms. The van der Waals surface area contributed by atoms with Crippen molar-refractivity contribution in [2.24, 2.45) is 11.7 Å². The topological polar surface area (TPSA) is 46.3 Å². The lowest BCUT2D eigenvalue weighted by molar-refractivity contribution is -0.119. The van der Waals surface area contributed by atoms with Crippen molar-refractivity contribution >= 4 is 21.8 Å². The fraction of sp³-hybridized carbons (Fsp3) is 0.562. The summed E-state index contributed by atoms with van der Waals surface area (Å²) < 4.78 is 1.14. The number of piperidine rings is 1. The van der Waals surface area contributed by atoms with Gasteiger partial charge in [0.25, 0.3) is 0 Å². The minimum Gasteiger partial charge on any atom is -0.370 e. The number of nitrogens with two attached hydrogens (primary N) is 1. The summed E-state index contributed by atoms with van der Waals surface area (Å²) in [5.74, 6) is 0.857. The number of hydrogen-bond donors (Lipinski definition) is 1. The molecule has 1 aromatic carbocycles. The largest absolute Gasteiger partial charge is 0.370 e. The van der Waals surface area contributed by atoms with Gasteiger partial charge in [-0.3, -0.25) is 4.79 Å². The van der Waals surface area contributed by atoms with Crippen molar-refractivity contribution in [3.8, 4) is 0 Å². The maximum atomic E-state index is 10.9. The van der Waals surface area contributed by atoms with E-state index in [2.05, 4.69) is 52.0 Å². The third kappa shape index (κ3) is 4.60. The molecule has 0 spiro atoms. The molecule has 1 aromatic rings. The molecule has 0 saturated carbocycles. The van der Waals surface area contributed by atoms with Crippen LogP contribution in [0.2, 0.25) is 0 Å². The van der Waals surface area contributed by atoms with E-state index >= 15 is 0 Å². The molecular formula is C16H23BrN2O. The van der Waals surface area contributed by atoms with Crippen LogP contribution in [0.25, 0.3) is 0 Å². The number of likely N-dealkylation sites (tertiary alicyclic amines) is 1. The average molecular weight is 339 g/mol. The monoisotopic (exact) mass is 338 g/mol. The second kappa shape index (κ2) is 7.23. The lowest BCUT2D eigenvalue weighted by Crippen LogP contribution is -2.37. The Bertz CT molecular complexity index is 456. The highest BCUT2D eigenvalue weighted by molar-refractivity contribution is 9.10. The fourth-order valence-corrected chi connectivity index (χ4v) is 3.38. The lowest BCUT2D eigenvalue weighted by Gasteiger charge is -2.33. The molecule has 20 heavy (non-hydrogen) atoms. The highest BCUT2D eigenvalue weighted by Crippen LogP contribution is 2.24. The first-order valence-electron chi connectivity index (χ1n) is 7.30. The Hall–Kier alpha value is -0.870. The summed E-state index contributed by atoms with van der Waals surface area (Å²) in [6.45, 7) is 5.52. The van der Waals surface area contributed by atoms with Crippen molar-refractivity contribution in [1.29, 1.82) is 0 Å². The Morgan fingerprint density at radius 2 is 2.15 bits per heavy atom. The first kappa shape index (κ1) is 15.5. The van der Waals surface area contributed by atoms with E-state index in [1.165, 1.54) is 5.56 Å². The Labute approximate surface area is 129 Å². The maximum absolute atomic E-state index is 10.9. The number of benzene rings is 1. The van der Waals surface area contributed by atoms with Gasteiger partial charge in [0, 0.05) is 17.4 Å². The highest BCUT2D eigenvalue weighted by atomic mass is 79.9. The van der Waals surface area contributed by atoms with E-state index in [-0.39, 0.29) is 5.91 Å². The van der Waals surface area contributed by atoms with E-state index in [1.54, 1.807) is 0 Å². The van der Waals surface area contributed by atoms with Crippen LogP contribution < -0.4 is 5.73 Å². The molecule has 2 rings (SSSR count). The first-order chi connectivity index (χ1) is 9.54. The smallest absolute Gasteiger partial charge is 0.217 e. The van der Waals surface area contributed by atoms with Crippen molar-refractivity contribution in [3.63, 3.8) is 0 Å². The highest BCUT2D eigenvalue weighted by Gasteiger charge is 2.22. The van der Waals surface area contributed by atoms with Gasteiger partial charge in [-0.2, -0.15) is 0 Å². The number of halogens is 1.